The van der Waals surface area contributed by atoms with E-state index < -0.39 is 0 Å². The van der Waals surface area contributed by atoms with Crippen LogP contribution in [0, 0.1) is 11.3 Å². The van der Waals surface area contributed by atoms with Gasteiger partial charge < -0.3 is 15.0 Å². The van der Waals surface area contributed by atoms with Gasteiger partial charge in [0.05, 0.1) is 11.6 Å². The Bertz CT molecular complexity index is 755. The van der Waals surface area contributed by atoms with Crippen LogP contribution in [0.3, 0.4) is 0 Å². The van der Waals surface area contributed by atoms with Gasteiger partial charge in [0.2, 0.25) is 0 Å². The normalized spacial score (nSPS) is 14.2. The van der Waals surface area contributed by atoms with Gasteiger partial charge in [-0.3, -0.25) is 4.79 Å². The van der Waals surface area contributed by atoms with Gasteiger partial charge in [0.1, 0.15) is 5.75 Å². The summed E-state index contributed by atoms with van der Waals surface area (Å²) < 4.78 is 5.44. The SMILES string of the molecule is N#Cc1ccc(OCC(=O)Nc2ccc(N3CCCCCC3)cc2)cc1. The predicted octanol–water partition coefficient (Wildman–Crippen LogP) is 3.96. The standard InChI is InChI=1S/C21H23N3O2/c22-15-17-5-11-20(12-6-17)26-16-21(25)23-18-7-9-19(10-8-18)24-13-3-1-2-4-14-24/h5-12H,1-4,13-14,16H2,(H,23,25). The Morgan fingerprint density at radius 3 is 2.27 bits per heavy atom. The molecule has 0 bridgehead atoms. The van der Waals surface area contributed by atoms with Crippen molar-refractivity contribution in [1.82, 2.24) is 0 Å². The molecule has 5 nitrogen and oxygen atoms in total. The van der Waals surface area contributed by atoms with Crippen molar-refractivity contribution in [3.05, 3.63) is 54.1 Å². The molecule has 0 atom stereocenters. The minimum atomic E-state index is -0.211. The van der Waals surface area contributed by atoms with Crippen LogP contribution in [0.4, 0.5) is 11.4 Å². The zero-order valence-electron chi connectivity index (χ0n) is 14.8. The van der Waals surface area contributed by atoms with Gasteiger partial charge in [0.25, 0.3) is 5.91 Å². The number of nitriles is 1. The van der Waals surface area contributed by atoms with E-state index in [1.165, 1.54) is 31.4 Å². The Kier molecular flexibility index (Phi) is 6.10. The lowest BCUT2D eigenvalue weighted by Gasteiger charge is -2.22. The average molecular weight is 349 g/mol. The van der Waals surface area contributed by atoms with E-state index in [-0.39, 0.29) is 12.5 Å². The third kappa shape index (κ3) is 5.00. The van der Waals surface area contributed by atoms with Crippen LogP contribution in [-0.2, 0) is 4.79 Å². The third-order valence-electron chi connectivity index (χ3n) is 4.48. The number of benzene rings is 2. The Hall–Kier alpha value is -3.00. The fraction of sp³-hybridized carbons (Fsp3) is 0.333. The van der Waals surface area contributed by atoms with E-state index in [1.807, 2.05) is 18.2 Å². The molecular formula is C21H23N3O2. The summed E-state index contributed by atoms with van der Waals surface area (Å²) in [7, 11) is 0. The molecule has 0 radical (unpaired) electrons. The topological polar surface area (TPSA) is 65.4 Å². The molecule has 134 valence electrons. The van der Waals surface area contributed by atoms with E-state index in [4.69, 9.17) is 10.00 Å². The molecule has 0 saturated carbocycles. The Morgan fingerprint density at radius 2 is 1.65 bits per heavy atom. The van der Waals surface area contributed by atoms with E-state index in [1.54, 1.807) is 24.3 Å². The molecule has 1 N–H and O–H groups in total. The number of nitrogens with one attached hydrogen (secondary N) is 1. The maximum absolute atomic E-state index is 12.0. The summed E-state index contributed by atoms with van der Waals surface area (Å²) in [4.78, 5) is 14.5. The van der Waals surface area contributed by atoms with Crippen LogP contribution in [0.15, 0.2) is 48.5 Å². The molecule has 0 aromatic heterocycles. The van der Waals surface area contributed by atoms with Crippen molar-refractivity contribution < 1.29 is 9.53 Å². The van der Waals surface area contributed by atoms with Crippen LogP contribution in [0.5, 0.6) is 5.75 Å². The summed E-state index contributed by atoms with van der Waals surface area (Å²) in [6, 6.07) is 16.7. The number of ether oxygens (including phenoxy) is 1. The molecule has 1 aliphatic heterocycles. The molecule has 1 saturated heterocycles. The van der Waals surface area contributed by atoms with Crippen molar-refractivity contribution in [3.8, 4) is 11.8 Å². The first kappa shape index (κ1) is 17.8. The minimum absolute atomic E-state index is 0.0697. The van der Waals surface area contributed by atoms with Crippen molar-refractivity contribution in [3.63, 3.8) is 0 Å². The lowest BCUT2D eigenvalue weighted by atomic mass is 10.2. The van der Waals surface area contributed by atoms with Crippen molar-refractivity contribution in [1.29, 1.82) is 5.26 Å². The summed E-state index contributed by atoms with van der Waals surface area (Å²) in [5, 5.41) is 11.6. The van der Waals surface area contributed by atoms with Gasteiger partial charge in [0.15, 0.2) is 6.61 Å². The second kappa shape index (κ2) is 8.91. The monoisotopic (exact) mass is 349 g/mol. The number of nitrogens with zero attached hydrogens (tertiary/aromatic N) is 2. The fourth-order valence-corrected chi connectivity index (χ4v) is 3.06. The summed E-state index contributed by atoms with van der Waals surface area (Å²) in [5.41, 5.74) is 2.53. The Balaban J connectivity index is 1.49. The maximum Gasteiger partial charge on any atom is 0.262 e. The lowest BCUT2D eigenvalue weighted by molar-refractivity contribution is -0.118. The third-order valence-corrected chi connectivity index (χ3v) is 4.48. The molecule has 0 spiro atoms. The van der Waals surface area contributed by atoms with Crippen molar-refractivity contribution in [2.45, 2.75) is 25.7 Å². The van der Waals surface area contributed by atoms with E-state index >= 15 is 0 Å². The number of carbonyl (C=O) groups is 1. The molecule has 1 heterocycles. The number of rotatable bonds is 5. The molecule has 0 aliphatic carbocycles. The predicted molar refractivity (Wildman–Crippen MR) is 102 cm³/mol. The zero-order chi connectivity index (χ0) is 18.2. The number of anilines is 2. The van der Waals surface area contributed by atoms with Crippen molar-refractivity contribution in [2.75, 3.05) is 29.9 Å². The molecule has 2 aromatic rings. The molecule has 2 aromatic carbocycles. The molecule has 1 fully saturated rings. The molecule has 1 amide bonds. The van der Waals surface area contributed by atoms with Gasteiger partial charge in [-0.25, -0.2) is 0 Å². The number of hydrogen-bond acceptors (Lipinski definition) is 4. The van der Waals surface area contributed by atoms with Crippen LogP contribution in [0.2, 0.25) is 0 Å². The van der Waals surface area contributed by atoms with Gasteiger partial charge in [-0.05, 0) is 61.4 Å². The first-order valence-corrected chi connectivity index (χ1v) is 9.02. The zero-order valence-corrected chi connectivity index (χ0v) is 14.8. The highest BCUT2D eigenvalue weighted by Gasteiger charge is 2.10. The number of hydrogen-bond donors (Lipinski definition) is 1. The van der Waals surface area contributed by atoms with Gasteiger partial charge in [-0.1, -0.05) is 12.8 Å². The first-order chi connectivity index (χ1) is 12.7. The second-order valence-corrected chi connectivity index (χ2v) is 6.42. The molecule has 3 rings (SSSR count). The second-order valence-electron chi connectivity index (χ2n) is 6.42. The number of carbonyl (C=O) groups excluding carboxylic acids is 1. The summed E-state index contributed by atoms with van der Waals surface area (Å²) in [5.74, 6) is 0.354. The van der Waals surface area contributed by atoms with Crippen LogP contribution < -0.4 is 15.0 Å². The molecule has 1 aliphatic rings. The van der Waals surface area contributed by atoms with E-state index in [0.29, 0.717) is 11.3 Å². The van der Waals surface area contributed by atoms with Crippen LogP contribution >= 0.6 is 0 Å². The largest absolute Gasteiger partial charge is 0.484 e. The maximum atomic E-state index is 12.0. The minimum Gasteiger partial charge on any atom is -0.484 e. The highest BCUT2D eigenvalue weighted by Crippen LogP contribution is 2.21. The van der Waals surface area contributed by atoms with E-state index in [0.717, 1.165) is 18.8 Å². The van der Waals surface area contributed by atoms with Gasteiger partial charge in [-0.15, -0.1) is 0 Å². The van der Waals surface area contributed by atoms with Gasteiger partial charge in [-0.2, -0.15) is 5.26 Å². The summed E-state index contributed by atoms with van der Waals surface area (Å²) in [6.07, 6.45) is 5.10. The van der Waals surface area contributed by atoms with Crippen molar-refractivity contribution in [2.24, 2.45) is 0 Å². The van der Waals surface area contributed by atoms with Crippen molar-refractivity contribution >= 4 is 17.3 Å². The molecule has 5 heteroatoms. The molecule has 26 heavy (non-hydrogen) atoms. The Morgan fingerprint density at radius 1 is 1.00 bits per heavy atom. The fourth-order valence-electron chi connectivity index (χ4n) is 3.06. The van der Waals surface area contributed by atoms with Crippen LogP contribution in [-0.4, -0.2) is 25.6 Å². The summed E-state index contributed by atoms with van der Waals surface area (Å²) in [6.45, 7) is 2.13. The Labute approximate surface area is 154 Å². The molecule has 0 unspecified atom stereocenters. The van der Waals surface area contributed by atoms with E-state index in [2.05, 4.69) is 22.3 Å². The molecular weight excluding hydrogens is 326 g/mol. The highest BCUT2D eigenvalue weighted by atomic mass is 16.5. The quantitative estimate of drug-likeness (QED) is 0.887. The van der Waals surface area contributed by atoms with Crippen LogP contribution in [0.25, 0.3) is 0 Å². The number of amides is 1. The lowest BCUT2D eigenvalue weighted by Crippen LogP contribution is -2.24. The van der Waals surface area contributed by atoms with E-state index in [9.17, 15) is 4.79 Å². The smallest absolute Gasteiger partial charge is 0.262 e. The highest BCUT2D eigenvalue weighted by molar-refractivity contribution is 5.92. The summed E-state index contributed by atoms with van der Waals surface area (Å²) >= 11 is 0. The first-order valence-electron chi connectivity index (χ1n) is 9.02. The average Bonchev–Trinajstić information content (AvgIpc) is 2.97. The van der Waals surface area contributed by atoms with Gasteiger partial charge >= 0.3 is 0 Å². The van der Waals surface area contributed by atoms with Gasteiger partial charge in [0, 0.05) is 24.5 Å². The van der Waals surface area contributed by atoms with Crippen LogP contribution in [0.1, 0.15) is 31.2 Å².